The fourth-order valence-electron chi connectivity index (χ4n) is 4.32. The van der Waals surface area contributed by atoms with Crippen molar-refractivity contribution in [2.45, 2.75) is 37.0 Å². The molecule has 0 unspecified atom stereocenters. The minimum atomic E-state index is -3.12. The summed E-state index contributed by atoms with van der Waals surface area (Å²) in [5.74, 6) is 0.390. The number of nitrogens with zero attached hydrogens (tertiary/aromatic N) is 2. The number of sulfonamides is 1. The van der Waals surface area contributed by atoms with Gasteiger partial charge in [-0.3, -0.25) is 4.79 Å². The molecule has 0 aromatic heterocycles. The topological polar surface area (TPSA) is 57.7 Å². The first-order valence-electron chi connectivity index (χ1n) is 8.48. The maximum Gasteiger partial charge on any atom is 0.222 e. The Labute approximate surface area is 144 Å². The van der Waals surface area contributed by atoms with Gasteiger partial charge in [-0.1, -0.05) is 24.3 Å². The lowest BCUT2D eigenvalue weighted by molar-refractivity contribution is -0.129. The van der Waals surface area contributed by atoms with E-state index in [0.717, 1.165) is 19.3 Å². The zero-order chi connectivity index (χ0) is 17.5. The van der Waals surface area contributed by atoms with Crippen LogP contribution in [0.1, 0.15) is 42.7 Å². The van der Waals surface area contributed by atoms with Gasteiger partial charge in [-0.15, -0.1) is 0 Å². The van der Waals surface area contributed by atoms with Crippen LogP contribution in [-0.2, 0) is 20.2 Å². The molecule has 5 nitrogen and oxygen atoms in total. The summed E-state index contributed by atoms with van der Waals surface area (Å²) in [7, 11) is 0.470. The summed E-state index contributed by atoms with van der Waals surface area (Å²) in [6, 6.07) is 8.41. The fourth-order valence-corrected chi connectivity index (χ4v) is 5.17. The van der Waals surface area contributed by atoms with Crippen LogP contribution in [0.2, 0.25) is 0 Å². The van der Waals surface area contributed by atoms with Crippen molar-refractivity contribution >= 4 is 15.9 Å². The van der Waals surface area contributed by atoms with E-state index in [0.29, 0.717) is 19.5 Å². The second-order valence-corrected chi connectivity index (χ2v) is 9.41. The summed E-state index contributed by atoms with van der Waals surface area (Å²) in [6.07, 6.45) is 4.44. The zero-order valence-corrected chi connectivity index (χ0v) is 15.5. The SMILES string of the molecule is CN(C)C(=O)C[C@H]1CC2(CCN(S(C)(=O)=O)CC2)c2ccccc21. The largest absolute Gasteiger partial charge is 0.349 e. The minimum absolute atomic E-state index is 0.0229. The van der Waals surface area contributed by atoms with Gasteiger partial charge < -0.3 is 4.90 Å². The molecule has 132 valence electrons. The minimum Gasteiger partial charge on any atom is -0.349 e. The monoisotopic (exact) mass is 350 g/mol. The molecule has 1 fully saturated rings. The van der Waals surface area contributed by atoms with Crippen molar-refractivity contribution in [3.05, 3.63) is 35.4 Å². The molecular formula is C18H26N2O3S. The van der Waals surface area contributed by atoms with Crippen LogP contribution < -0.4 is 0 Å². The van der Waals surface area contributed by atoms with E-state index in [2.05, 4.69) is 18.2 Å². The highest BCUT2D eigenvalue weighted by molar-refractivity contribution is 7.88. The van der Waals surface area contributed by atoms with Crippen LogP contribution in [0.15, 0.2) is 24.3 Å². The fraction of sp³-hybridized carbons (Fsp3) is 0.611. The van der Waals surface area contributed by atoms with Gasteiger partial charge in [-0.05, 0) is 41.7 Å². The van der Waals surface area contributed by atoms with Gasteiger partial charge in [0, 0.05) is 33.6 Å². The molecule has 1 aromatic carbocycles. The van der Waals surface area contributed by atoms with Crippen LogP contribution in [0.4, 0.5) is 0 Å². The Morgan fingerprint density at radius 2 is 1.88 bits per heavy atom. The lowest BCUT2D eigenvalue weighted by Gasteiger charge is -2.39. The maximum absolute atomic E-state index is 12.2. The molecule has 0 saturated carbocycles. The summed E-state index contributed by atoms with van der Waals surface area (Å²) in [4.78, 5) is 13.9. The normalized spacial score (nSPS) is 23.2. The van der Waals surface area contributed by atoms with Gasteiger partial charge in [0.1, 0.15) is 0 Å². The Morgan fingerprint density at radius 3 is 2.46 bits per heavy atom. The van der Waals surface area contributed by atoms with Gasteiger partial charge >= 0.3 is 0 Å². The third-order valence-corrected chi connectivity index (χ3v) is 6.98. The predicted octanol–water partition coefficient (Wildman–Crippen LogP) is 1.95. The Bertz CT molecular complexity index is 734. The van der Waals surface area contributed by atoms with Gasteiger partial charge in [-0.25, -0.2) is 12.7 Å². The second kappa shape index (κ2) is 6.15. The summed E-state index contributed by atoms with van der Waals surface area (Å²) in [5, 5.41) is 0. The average molecular weight is 350 g/mol. The molecule has 1 aromatic rings. The number of rotatable bonds is 3. The molecule has 3 rings (SSSR count). The first kappa shape index (κ1) is 17.4. The second-order valence-electron chi connectivity index (χ2n) is 7.42. The van der Waals surface area contributed by atoms with E-state index in [1.807, 2.05) is 6.07 Å². The highest BCUT2D eigenvalue weighted by Crippen LogP contribution is 2.52. The van der Waals surface area contributed by atoms with Crippen molar-refractivity contribution in [1.82, 2.24) is 9.21 Å². The van der Waals surface area contributed by atoms with Crippen LogP contribution in [0.25, 0.3) is 0 Å². The number of amides is 1. The molecule has 1 spiro atoms. The van der Waals surface area contributed by atoms with Gasteiger partial charge in [-0.2, -0.15) is 0 Å². The van der Waals surface area contributed by atoms with Crippen molar-refractivity contribution < 1.29 is 13.2 Å². The van der Waals surface area contributed by atoms with Crippen LogP contribution in [0.3, 0.4) is 0 Å². The highest BCUT2D eigenvalue weighted by Gasteiger charge is 2.46. The smallest absolute Gasteiger partial charge is 0.222 e. The number of hydrogen-bond acceptors (Lipinski definition) is 3. The van der Waals surface area contributed by atoms with Crippen LogP contribution >= 0.6 is 0 Å². The number of carbonyl (C=O) groups is 1. The van der Waals surface area contributed by atoms with Crippen molar-refractivity contribution in [2.75, 3.05) is 33.4 Å². The maximum atomic E-state index is 12.2. The molecule has 24 heavy (non-hydrogen) atoms. The van der Waals surface area contributed by atoms with E-state index in [4.69, 9.17) is 0 Å². The van der Waals surface area contributed by atoms with E-state index >= 15 is 0 Å². The quantitative estimate of drug-likeness (QED) is 0.837. The number of fused-ring (bicyclic) bond motifs is 2. The van der Waals surface area contributed by atoms with Gasteiger partial charge in [0.25, 0.3) is 0 Å². The standard InChI is InChI=1S/C18H26N2O3S/c1-19(2)17(21)12-14-13-18(16-7-5-4-6-15(14)16)8-10-20(11-9-18)24(3,22)23/h4-7,14H,8-13H2,1-3H3/t14-/m0/s1. The first-order valence-corrected chi connectivity index (χ1v) is 10.3. The summed E-state index contributed by atoms with van der Waals surface area (Å²) in [6.45, 7) is 1.14. The van der Waals surface area contributed by atoms with Gasteiger partial charge in [0.05, 0.1) is 6.26 Å². The molecule has 6 heteroatoms. The van der Waals surface area contributed by atoms with Crippen molar-refractivity contribution in [2.24, 2.45) is 0 Å². The molecule has 0 radical (unpaired) electrons. The molecule has 0 bridgehead atoms. The Balaban J connectivity index is 1.85. The number of hydrogen-bond donors (Lipinski definition) is 0. The van der Waals surface area contributed by atoms with Gasteiger partial charge in [0.15, 0.2) is 0 Å². The van der Waals surface area contributed by atoms with E-state index in [9.17, 15) is 13.2 Å². The summed E-state index contributed by atoms with van der Waals surface area (Å²) < 4.78 is 25.2. The highest BCUT2D eigenvalue weighted by atomic mass is 32.2. The average Bonchev–Trinajstić information content (AvgIpc) is 2.81. The van der Waals surface area contributed by atoms with Crippen molar-refractivity contribution in [1.29, 1.82) is 0 Å². The molecule has 1 atom stereocenters. The molecule has 1 heterocycles. The Kier molecular flexibility index (Phi) is 4.47. The lowest BCUT2D eigenvalue weighted by atomic mass is 9.73. The third-order valence-electron chi connectivity index (χ3n) is 5.68. The van der Waals surface area contributed by atoms with Crippen LogP contribution in [-0.4, -0.2) is 57.0 Å². The van der Waals surface area contributed by atoms with Crippen molar-refractivity contribution in [3.8, 4) is 0 Å². The number of carbonyl (C=O) groups excluding carboxylic acids is 1. The molecule has 1 amide bonds. The van der Waals surface area contributed by atoms with Crippen molar-refractivity contribution in [3.63, 3.8) is 0 Å². The molecule has 1 aliphatic heterocycles. The summed E-state index contributed by atoms with van der Waals surface area (Å²) >= 11 is 0. The Morgan fingerprint density at radius 1 is 1.25 bits per heavy atom. The molecule has 1 saturated heterocycles. The van der Waals surface area contributed by atoms with Gasteiger partial charge in [0.2, 0.25) is 15.9 Å². The van der Waals surface area contributed by atoms with E-state index < -0.39 is 10.0 Å². The zero-order valence-electron chi connectivity index (χ0n) is 14.7. The van der Waals surface area contributed by atoms with Crippen LogP contribution in [0, 0.1) is 0 Å². The molecule has 2 aliphatic rings. The third kappa shape index (κ3) is 3.09. The lowest BCUT2D eigenvalue weighted by Crippen LogP contribution is -2.44. The molecule has 0 N–H and O–H groups in total. The molecule has 1 aliphatic carbocycles. The van der Waals surface area contributed by atoms with E-state index in [1.54, 1.807) is 23.3 Å². The number of benzene rings is 1. The summed E-state index contributed by atoms with van der Waals surface area (Å²) in [5.41, 5.74) is 2.63. The number of piperidine rings is 1. The predicted molar refractivity (Wildman–Crippen MR) is 94.4 cm³/mol. The van der Waals surface area contributed by atoms with Crippen LogP contribution in [0.5, 0.6) is 0 Å². The molecular weight excluding hydrogens is 324 g/mol. The Hall–Kier alpha value is -1.40. The van der Waals surface area contributed by atoms with E-state index in [-0.39, 0.29) is 17.2 Å². The first-order chi connectivity index (χ1) is 11.2. The van der Waals surface area contributed by atoms with E-state index in [1.165, 1.54) is 17.4 Å².